The molecule has 2 aromatic rings. The minimum Gasteiger partial charge on any atom is -0.493 e. The second-order valence-electron chi connectivity index (χ2n) is 6.72. The lowest BCUT2D eigenvalue weighted by Gasteiger charge is -2.19. The van der Waals surface area contributed by atoms with Crippen molar-refractivity contribution in [3.63, 3.8) is 0 Å². The van der Waals surface area contributed by atoms with Crippen molar-refractivity contribution in [1.82, 2.24) is 4.90 Å². The standard InChI is InChI=1S/C22H21ClINO4S/c1-4-13(2)25-21(26)19(30-22(25)27)11-14-9-17(24)20(18(10-14)28-3)29-12-15-7-5-6-8-16(15)23/h5-11,13H,4,12H2,1-3H3/b19-11+/t13-/m0/s1. The molecule has 0 N–H and O–H groups in total. The van der Waals surface area contributed by atoms with Gasteiger partial charge in [0.15, 0.2) is 11.5 Å². The van der Waals surface area contributed by atoms with E-state index in [2.05, 4.69) is 22.6 Å². The first-order valence-corrected chi connectivity index (χ1v) is 11.6. The molecule has 1 fully saturated rings. The molecule has 0 bridgehead atoms. The average molecular weight is 558 g/mol. The molecule has 0 unspecified atom stereocenters. The van der Waals surface area contributed by atoms with Gasteiger partial charge in [-0.2, -0.15) is 0 Å². The van der Waals surface area contributed by atoms with E-state index in [0.717, 1.165) is 26.5 Å². The van der Waals surface area contributed by atoms with Gasteiger partial charge in [-0.3, -0.25) is 14.5 Å². The molecule has 1 heterocycles. The highest BCUT2D eigenvalue weighted by molar-refractivity contribution is 14.1. The van der Waals surface area contributed by atoms with Gasteiger partial charge in [0, 0.05) is 16.6 Å². The van der Waals surface area contributed by atoms with Crippen molar-refractivity contribution in [3.05, 3.63) is 61.0 Å². The minimum atomic E-state index is -0.257. The zero-order valence-corrected chi connectivity index (χ0v) is 20.5. The van der Waals surface area contributed by atoms with E-state index in [9.17, 15) is 9.59 Å². The summed E-state index contributed by atoms with van der Waals surface area (Å²) in [5.74, 6) is 0.886. The molecule has 2 aromatic carbocycles. The Morgan fingerprint density at radius 1 is 1.27 bits per heavy atom. The lowest BCUT2D eigenvalue weighted by molar-refractivity contribution is -0.124. The smallest absolute Gasteiger partial charge is 0.293 e. The Kier molecular flexibility index (Phi) is 7.70. The summed E-state index contributed by atoms with van der Waals surface area (Å²) < 4.78 is 12.3. The molecule has 8 heteroatoms. The molecule has 2 amide bonds. The predicted octanol–water partition coefficient (Wildman–Crippen LogP) is 6.37. The Morgan fingerprint density at radius 2 is 2.00 bits per heavy atom. The van der Waals surface area contributed by atoms with E-state index < -0.39 is 0 Å². The molecule has 5 nitrogen and oxygen atoms in total. The van der Waals surface area contributed by atoms with Crippen molar-refractivity contribution >= 4 is 63.2 Å². The largest absolute Gasteiger partial charge is 0.493 e. The predicted molar refractivity (Wildman–Crippen MR) is 129 cm³/mol. The van der Waals surface area contributed by atoms with Gasteiger partial charge in [0.2, 0.25) is 0 Å². The molecule has 1 saturated heterocycles. The van der Waals surface area contributed by atoms with Crippen molar-refractivity contribution in [2.24, 2.45) is 0 Å². The number of nitrogens with zero attached hydrogens (tertiary/aromatic N) is 1. The number of thioether (sulfide) groups is 1. The van der Waals surface area contributed by atoms with Gasteiger partial charge in [0.05, 0.1) is 15.6 Å². The molecule has 158 valence electrons. The van der Waals surface area contributed by atoms with Gasteiger partial charge in [0.25, 0.3) is 11.1 Å². The second-order valence-corrected chi connectivity index (χ2v) is 9.29. The number of imide groups is 1. The van der Waals surface area contributed by atoms with Crippen molar-refractivity contribution in [2.75, 3.05) is 7.11 Å². The molecule has 30 heavy (non-hydrogen) atoms. The number of hydrogen-bond acceptors (Lipinski definition) is 5. The lowest BCUT2D eigenvalue weighted by atomic mass is 10.1. The monoisotopic (exact) mass is 557 g/mol. The topological polar surface area (TPSA) is 55.8 Å². The third-order valence-corrected chi connectivity index (χ3v) is 6.79. The second kappa shape index (κ2) is 10.1. The summed E-state index contributed by atoms with van der Waals surface area (Å²) in [6.07, 6.45) is 2.43. The van der Waals surface area contributed by atoms with Crippen molar-refractivity contribution in [2.45, 2.75) is 32.9 Å². The maximum absolute atomic E-state index is 12.7. The third kappa shape index (κ3) is 4.95. The molecule has 1 aliphatic rings. The Labute approximate surface area is 198 Å². The normalized spacial score (nSPS) is 16.3. The van der Waals surface area contributed by atoms with Crippen LogP contribution >= 0.6 is 46.0 Å². The Bertz CT molecular complexity index is 1010. The fraction of sp³-hybridized carbons (Fsp3) is 0.273. The quantitative estimate of drug-likeness (QED) is 0.293. The molecular weight excluding hydrogens is 537 g/mol. The summed E-state index contributed by atoms with van der Waals surface area (Å²) in [6.45, 7) is 4.13. The van der Waals surface area contributed by atoms with E-state index in [0.29, 0.717) is 34.5 Å². The molecule has 0 spiro atoms. The molecule has 0 aliphatic carbocycles. The third-order valence-electron chi connectivity index (χ3n) is 4.73. The van der Waals surface area contributed by atoms with Gasteiger partial charge in [-0.1, -0.05) is 36.7 Å². The highest BCUT2D eigenvalue weighted by Gasteiger charge is 2.37. The number of benzene rings is 2. The van der Waals surface area contributed by atoms with E-state index in [-0.39, 0.29) is 17.2 Å². The van der Waals surface area contributed by atoms with Crippen molar-refractivity contribution in [1.29, 1.82) is 0 Å². The Balaban J connectivity index is 1.85. The maximum Gasteiger partial charge on any atom is 0.293 e. The van der Waals surface area contributed by atoms with Crippen LogP contribution in [0, 0.1) is 3.57 Å². The number of amides is 2. The van der Waals surface area contributed by atoms with Gasteiger partial charge >= 0.3 is 0 Å². The van der Waals surface area contributed by atoms with Gasteiger partial charge in [-0.25, -0.2) is 0 Å². The highest BCUT2D eigenvalue weighted by atomic mass is 127. The van der Waals surface area contributed by atoms with Gasteiger partial charge in [-0.05, 0) is 77.5 Å². The van der Waals surface area contributed by atoms with Crippen LogP contribution in [-0.4, -0.2) is 29.2 Å². The van der Waals surface area contributed by atoms with Gasteiger partial charge < -0.3 is 9.47 Å². The van der Waals surface area contributed by atoms with E-state index in [1.54, 1.807) is 19.3 Å². The SMILES string of the molecule is CC[C@H](C)N1C(=O)S/C(=C/c2cc(I)c(OCc3ccccc3Cl)c(OC)c2)C1=O. The van der Waals surface area contributed by atoms with Gasteiger partial charge in [-0.15, -0.1) is 0 Å². The van der Waals surface area contributed by atoms with Crippen LogP contribution in [0.25, 0.3) is 6.08 Å². The fourth-order valence-electron chi connectivity index (χ4n) is 2.92. The molecule has 0 saturated carbocycles. The van der Waals surface area contributed by atoms with Crippen LogP contribution in [0.2, 0.25) is 5.02 Å². The van der Waals surface area contributed by atoms with Crippen LogP contribution in [0.5, 0.6) is 11.5 Å². The number of hydrogen-bond donors (Lipinski definition) is 0. The maximum atomic E-state index is 12.7. The van der Waals surface area contributed by atoms with Crippen LogP contribution in [0.15, 0.2) is 41.3 Å². The van der Waals surface area contributed by atoms with Crippen LogP contribution in [-0.2, 0) is 11.4 Å². The lowest BCUT2D eigenvalue weighted by Crippen LogP contribution is -2.36. The zero-order valence-electron chi connectivity index (χ0n) is 16.8. The number of carbonyl (C=O) groups is 2. The fourth-order valence-corrected chi connectivity index (χ4v) is 4.82. The number of methoxy groups -OCH3 is 1. The first-order chi connectivity index (χ1) is 14.3. The highest BCUT2D eigenvalue weighted by Crippen LogP contribution is 2.38. The number of rotatable bonds is 7. The van der Waals surface area contributed by atoms with E-state index in [1.165, 1.54) is 4.90 Å². The van der Waals surface area contributed by atoms with E-state index >= 15 is 0 Å². The van der Waals surface area contributed by atoms with Gasteiger partial charge in [0.1, 0.15) is 6.61 Å². The summed E-state index contributed by atoms with van der Waals surface area (Å²) in [7, 11) is 1.56. The summed E-state index contributed by atoms with van der Waals surface area (Å²) in [5.41, 5.74) is 1.64. The molecule has 1 aliphatic heterocycles. The molecule has 3 rings (SSSR count). The minimum absolute atomic E-state index is 0.126. The molecular formula is C22H21ClINO4S. The Hall–Kier alpha value is -1.71. The molecule has 0 aromatic heterocycles. The summed E-state index contributed by atoms with van der Waals surface area (Å²) in [4.78, 5) is 26.6. The number of ether oxygens (including phenoxy) is 2. The van der Waals surface area contributed by atoms with E-state index in [4.69, 9.17) is 21.1 Å². The summed E-state index contributed by atoms with van der Waals surface area (Å²) >= 11 is 9.34. The Morgan fingerprint density at radius 3 is 2.67 bits per heavy atom. The molecule has 0 radical (unpaired) electrons. The van der Waals surface area contributed by atoms with Crippen LogP contribution in [0.1, 0.15) is 31.4 Å². The van der Waals surface area contributed by atoms with Crippen molar-refractivity contribution < 1.29 is 19.1 Å². The van der Waals surface area contributed by atoms with Crippen molar-refractivity contribution in [3.8, 4) is 11.5 Å². The summed E-state index contributed by atoms with van der Waals surface area (Å²) in [5, 5.41) is 0.405. The number of halogens is 2. The summed E-state index contributed by atoms with van der Waals surface area (Å²) in [6, 6.07) is 11.1. The average Bonchev–Trinajstić information content (AvgIpc) is 3.00. The first-order valence-electron chi connectivity index (χ1n) is 9.36. The zero-order chi connectivity index (χ0) is 21.8. The molecule has 1 atom stereocenters. The van der Waals surface area contributed by atoms with Crippen LogP contribution < -0.4 is 9.47 Å². The van der Waals surface area contributed by atoms with E-state index in [1.807, 2.05) is 44.2 Å². The van der Waals surface area contributed by atoms with Crippen LogP contribution in [0.3, 0.4) is 0 Å². The van der Waals surface area contributed by atoms with Crippen LogP contribution in [0.4, 0.5) is 4.79 Å². The number of carbonyl (C=O) groups excluding carboxylic acids is 2. The first kappa shape index (κ1) is 23.0.